The highest BCUT2D eigenvalue weighted by Gasteiger charge is 2.58. The van der Waals surface area contributed by atoms with Gasteiger partial charge in [-0.1, -0.05) is 61.8 Å². The van der Waals surface area contributed by atoms with Crippen LogP contribution >= 0.6 is 0 Å². The summed E-state index contributed by atoms with van der Waals surface area (Å²) in [4.78, 5) is 0. The molecule has 0 amide bonds. The topological polar surface area (TPSA) is 41.6 Å². The molecule has 2 rings (SSSR count). The summed E-state index contributed by atoms with van der Waals surface area (Å²) in [5.41, 5.74) is 3.42. The maximum absolute atomic E-state index is 4.26. The summed E-state index contributed by atoms with van der Waals surface area (Å²) in [6, 6.07) is 0. The lowest BCUT2D eigenvalue weighted by atomic mass is 9.89. The highest BCUT2D eigenvalue weighted by Crippen LogP contribution is 2.67. The van der Waals surface area contributed by atoms with Crippen LogP contribution in [0.2, 0.25) is 0 Å². The van der Waals surface area contributed by atoms with Crippen molar-refractivity contribution in [1.82, 2.24) is 15.4 Å². The molecule has 0 unspecified atom stereocenters. The van der Waals surface area contributed by atoms with E-state index in [4.69, 9.17) is 0 Å². The van der Waals surface area contributed by atoms with Gasteiger partial charge in [0.05, 0.1) is 11.4 Å². The van der Waals surface area contributed by atoms with Gasteiger partial charge in [-0.25, -0.2) is 0 Å². The van der Waals surface area contributed by atoms with Crippen LogP contribution in [-0.2, 0) is 12.8 Å². The van der Waals surface area contributed by atoms with Crippen LogP contribution in [0.4, 0.5) is 0 Å². The summed E-state index contributed by atoms with van der Waals surface area (Å²) in [6.07, 6.45) is 5.97. The van der Waals surface area contributed by atoms with Gasteiger partial charge in [-0.15, -0.1) is 0 Å². The predicted octanol–water partition coefficient (Wildman–Crippen LogP) is 5.18. The standard InChI is InChI=1S/C13H23N3.2C2H6/c1-5-10-11(15-16-14-10)7-8-13(4)9-12(13,3)6-2;2*1-2/h5-9H2,1-4H3,(H,14,15,16);2*1-2H3/t12-,13+;;/m1../s1. The molecule has 0 aromatic carbocycles. The number of rotatable bonds is 5. The third-order valence-electron chi connectivity index (χ3n) is 4.84. The smallest absolute Gasteiger partial charge is 0.0856 e. The number of H-pyrrole nitrogens is 1. The number of aromatic amines is 1. The Morgan fingerprint density at radius 3 is 1.95 bits per heavy atom. The van der Waals surface area contributed by atoms with Crippen molar-refractivity contribution in [3.05, 3.63) is 11.4 Å². The van der Waals surface area contributed by atoms with Crippen molar-refractivity contribution in [2.24, 2.45) is 10.8 Å². The van der Waals surface area contributed by atoms with Crippen LogP contribution in [0.1, 0.15) is 86.0 Å². The van der Waals surface area contributed by atoms with Crippen LogP contribution in [0, 0.1) is 10.8 Å². The zero-order valence-electron chi connectivity index (χ0n) is 14.9. The van der Waals surface area contributed by atoms with Gasteiger partial charge in [0.1, 0.15) is 0 Å². The molecule has 0 saturated heterocycles. The van der Waals surface area contributed by atoms with E-state index in [-0.39, 0.29) is 0 Å². The number of hydrogen-bond donors (Lipinski definition) is 1. The molecule has 3 heteroatoms. The molecule has 1 aliphatic rings. The number of hydrogen-bond acceptors (Lipinski definition) is 2. The van der Waals surface area contributed by atoms with E-state index in [0.717, 1.165) is 18.5 Å². The Hall–Kier alpha value is -0.860. The molecule has 1 fully saturated rings. The number of nitrogens with zero attached hydrogens (tertiary/aromatic N) is 2. The van der Waals surface area contributed by atoms with Crippen molar-refractivity contribution in [3.63, 3.8) is 0 Å². The Morgan fingerprint density at radius 2 is 1.50 bits per heavy atom. The summed E-state index contributed by atoms with van der Waals surface area (Å²) in [5.74, 6) is 0. The van der Waals surface area contributed by atoms with Crippen LogP contribution in [0.25, 0.3) is 0 Å². The summed E-state index contributed by atoms with van der Waals surface area (Å²) < 4.78 is 0. The molecule has 3 nitrogen and oxygen atoms in total. The fourth-order valence-electron chi connectivity index (χ4n) is 2.91. The highest BCUT2D eigenvalue weighted by molar-refractivity contribution is 5.13. The molecule has 1 saturated carbocycles. The Labute approximate surface area is 125 Å². The molecule has 20 heavy (non-hydrogen) atoms. The number of nitrogens with one attached hydrogen (secondary N) is 1. The van der Waals surface area contributed by atoms with E-state index in [0.29, 0.717) is 10.8 Å². The van der Waals surface area contributed by atoms with Crippen molar-refractivity contribution in [2.45, 2.75) is 87.5 Å². The Morgan fingerprint density at radius 1 is 0.950 bits per heavy atom. The first-order valence-electron chi connectivity index (χ1n) is 8.43. The lowest BCUT2D eigenvalue weighted by molar-refractivity contribution is 0.354. The third-order valence-corrected chi connectivity index (χ3v) is 4.84. The normalized spacial score (nSPS) is 27.0. The minimum atomic E-state index is 0.533. The SMILES string of the molecule is CC.CC.CCc1n[nH]nc1CC[C@@]1(C)C[C@@]1(C)CC. The minimum Gasteiger partial charge on any atom is -0.197 e. The quantitative estimate of drug-likeness (QED) is 0.808. The first kappa shape index (κ1) is 19.1. The lowest BCUT2D eigenvalue weighted by Crippen LogP contribution is -2.08. The molecule has 0 spiro atoms. The van der Waals surface area contributed by atoms with Crippen LogP contribution in [0.15, 0.2) is 0 Å². The van der Waals surface area contributed by atoms with E-state index >= 15 is 0 Å². The molecule has 0 bridgehead atoms. The van der Waals surface area contributed by atoms with Crippen molar-refractivity contribution in [1.29, 1.82) is 0 Å². The second-order valence-corrected chi connectivity index (χ2v) is 5.72. The molecule has 0 radical (unpaired) electrons. The minimum absolute atomic E-state index is 0.533. The van der Waals surface area contributed by atoms with Crippen LogP contribution in [0.3, 0.4) is 0 Å². The first-order chi connectivity index (χ1) is 9.54. The van der Waals surface area contributed by atoms with Gasteiger partial charge in [-0.05, 0) is 36.5 Å². The largest absolute Gasteiger partial charge is 0.197 e. The Balaban J connectivity index is 0.000000829. The van der Waals surface area contributed by atoms with Gasteiger partial charge in [0.2, 0.25) is 0 Å². The van der Waals surface area contributed by atoms with E-state index in [1.165, 1.54) is 25.0 Å². The van der Waals surface area contributed by atoms with Crippen LogP contribution in [0.5, 0.6) is 0 Å². The average Bonchev–Trinajstić information content (AvgIpc) is 2.84. The average molecular weight is 281 g/mol. The first-order valence-corrected chi connectivity index (χ1v) is 8.43. The summed E-state index contributed by atoms with van der Waals surface area (Å²) >= 11 is 0. The van der Waals surface area contributed by atoms with Gasteiger partial charge in [0.25, 0.3) is 0 Å². The van der Waals surface area contributed by atoms with Gasteiger partial charge >= 0.3 is 0 Å². The monoisotopic (exact) mass is 281 g/mol. The Bertz CT molecular complexity index is 372. The molecule has 0 aliphatic heterocycles. The Kier molecular flexibility index (Phi) is 8.07. The molecule has 1 aliphatic carbocycles. The van der Waals surface area contributed by atoms with Gasteiger partial charge in [-0.3, -0.25) is 0 Å². The summed E-state index contributed by atoms with van der Waals surface area (Å²) in [5, 5.41) is 11.2. The van der Waals surface area contributed by atoms with Crippen molar-refractivity contribution in [2.75, 3.05) is 0 Å². The van der Waals surface area contributed by atoms with E-state index in [9.17, 15) is 0 Å². The van der Waals surface area contributed by atoms with E-state index in [2.05, 4.69) is 43.1 Å². The zero-order chi connectivity index (χ0) is 15.8. The molecular formula is C17H35N3. The second kappa shape index (κ2) is 8.43. The summed E-state index contributed by atoms with van der Waals surface area (Å²) in [7, 11) is 0. The third kappa shape index (κ3) is 4.07. The van der Waals surface area contributed by atoms with E-state index < -0.39 is 0 Å². The number of aryl methyl sites for hydroxylation is 2. The lowest BCUT2D eigenvalue weighted by Gasteiger charge is -2.16. The molecular weight excluding hydrogens is 246 g/mol. The zero-order valence-corrected chi connectivity index (χ0v) is 14.9. The molecule has 2 atom stereocenters. The molecule has 1 N–H and O–H groups in total. The van der Waals surface area contributed by atoms with E-state index in [1.54, 1.807) is 0 Å². The highest BCUT2D eigenvalue weighted by atomic mass is 15.3. The molecule has 1 heterocycles. The summed E-state index contributed by atoms with van der Waals surface area (Å²) in [6.45, 7) is 17.3. The van der Waals surface area contributed by atoms with Crippen LogP contribution < -0.4 is 0 Å². The predicted molar refractivity (Wildman–Crippen MR) is 87.9 cm³/mol. The van der Waals surface area contributed by atoms with E-state index in [1.807, 2.05) is 27.7 Å². The fourth-order valence-corrected chi connectivity index (χ4v) is 2.91. The van der Waals surface area contributed by atoms with Gasteiger partial charge < -0.3 is 0 Å². The molecule has 1 aromatic rings. The molecule has 118 valence electrons. The van der Waals surface area contributed by atoms with Crippen molar-refractivity contribution >= 4 is 0 Å². The van der Waals surface area contributed by atoms with Gasteiger partial charge in [0.15, 0.2) is 0 Å². The van der Waals surface area contributed by atoms with Gasteiger partial charge in [0, 0.05) is 0 Å². The fraction of sp³-hybridized carbons (Fsp3) is 0.882. The van der Waals surface area contributed by atoms with Crippen LogP contribution in [-0.4, -0.2) is 15.4 Å². The second-order valence-electron chi connectivity index (χ2n) is 5.72. The maximum atomic E-state index is 4.26. The molecule has 1 aromatic heterocycles. The number of aromatic nitrogens is 3. The van der Waals surface area contributed by atoms with Crippen molar-refractivity contribution < 1.29 is 0 Å². The van der Waals surface area contributed by atoms with Gasteiger partial charge in [-0.2, -0.15) is 15.4 Å². The van der Waals surface area contributed by atoms with Crippen molar-refractivity contribution in [3.8, 4) is 0 Å². The maximum Gasteiger partial charge on any atom is 0.0856 e.